The van der Waals surface area contributed by atoms with E-state index in [1.165, 1.54) is 0 Å². The van der Waals surface area contributed by atoms with E-state index in [2.05, 4.69) is 20.9 Å². The summed E-state index contributed by atoms with van der Waals surface area (Å²) in [7, 11) is 0. The molecule has 1 aliphatic rings. The van der Waals surface area contributed by atoms with Crippen LogP contribution in [0.15, 0.2) is 16.9 Å². The first kappa shape index (κ1) is 10.7. The molecule has 0 bridgehead atoms. The molecule has 1 heterocycles. The van der Waals surface area contributed by atoms with Gasteiger partial charge in [-0.05, 0) is 34.8 Å². The van der Waals surface area contributed by atoms with Crippen molar-refractivity contribution in [3.63, 3.8) is 0 Å². The maximum Gasteiger partial charge on any atom is 0.418 e. The van der Waals surface area contributed by atoms with Crippen molar-refractivity contribution < 1.29 is 17.9 Å². The molecule has 0 unspecified atom stereocenters. The van der Waals surface area contributed by atoms with Crippen molar-refractivity contribution in [2.45, 2.75) is 25.1 Å². The molecule has 2 rings (SSSR count). The monoisotopic (exact) mass is 281 g/mol. The first-order valence-corrected chi connectivity index (χ1v) is 5.15. The Morgan fingerprint density at radius 2 is 2.07 bits per heavy atom. The molecule has 1 aliphatic carbocycles. The van der Waals surface area contributed by atoms with E-state index >= 15 is 0 Å². The fourth-order valence-electron chi connectivity index (χ4n) is 1.03. The van der Waals surface area contributed by atoms with Crippen LogP contribution in [0.3, 0.4) is 0 Å². The summed E-state index contributed by atoms with van der Waals surface area (Å²) < 4.78 is 42.6. The van der Waals surface area contributed by atoms with Crippen molar-refractivity contribution in [1.29, 1.82) is 0 Å². The molecule has 6 heteroatoms. The Bertz CT molecular complexity index is 376. The summed E-state index contributed by atoms with van der Waals surface area (Å²) in [4.78, 5) is 3.60. The Morgan fingerprint density at radius 3 is 2.60 bits per heavy atom. The number of rotatable bonds is 2. The van der Waals surface area contributed by atoms with Gasteiger partial charge in [-0.25, -0.2) is 4.98 Å². The van der Waals surface area contributed by atoms with Gasteiger partial charge >= 0.3 is 6.18 Å². The van der Waals surface area contributed by atoms with Crippen molar-refractivity contribution in [1.82, 2.24) is 4.98 Å². The third-order valence-electron chi connectivity index (χ3n) is 1.95. The Kier molecular flexibility index (Phi) is 2.62. The molecule has 0 amide bonds. The van der Waals surface area contributed by atoms with Gasteiger partial charge in [-0.15, -0.1) is 0 Å². The van der Waals surface area contributed by atoms with E-state index in [9.17, 15) is 13.2 Å². The fraction of sp³-hybridized carbons (Fsp3) is 0.444. The average Bonchev–Trinajstić information content (AvgIpc) is 2.90. The summed E-state index contributed by atoms with van der Waals surface area (Å²) in [6.07, 6.45) is -1.77. The summed E-state index contributed by atoms with van der Waals surface area (Å²) in [6, 6.07) is 0.968. The van der Waals surface area contributed by atoms with Crippen LogP contribution in [0.4, 0.5) is 13.2 Å². The average molecular weight is 282 g/mol. The lowest BCUT2D eigenvalue weighted by Crippen LogP contribution is -2.07. The van der Waals surface area contributed by atoms with Gasteiger partial charge in [-0.2, -0.15) is 13.2 Å². The molecule has 0 aliphatic heterocycles. The highest BCUT2D eigenvalue weighted by Gasteiger charge is 2.33. The predicted molar refractivity (Wildman–Crippen MR) is 50.6 cm³/mol. The molecule has 0 spiro atoms. The van der Waals surface area contributed by atoms with Crippen LogP contribution in [0.1, 0.15) is 18.4 Å². The summed E-state index contributed by atoms with van der Waals surface area (Å²) in [6.45, 7) is 0. The predicted octanol–water partition coefficient (Wildman–Crippen LogP) is 3.40. The number of hydrogen-bond acceptors (Lipinski definition) is 2. The second-order valence-electron chi connectivity index (χ2n) is 3.33. The molecule has 82 valence electrons. The summed E-state index contributed by atoms with van der Waals surface area (Å²) in [5, 5.41) is 0. The molecule has 2 nitrogen and oxygen atoms in total. The minimum absolute atomic E-state index is 0.0478. The van der Waals surface area contributed by atoms with Gasteiger partial charge < -0.3 is 4.74 Å². The molecular weight excluding hydrogens is 275 g/mol. The Morgan fingerprint density at radius 1 is 1.40 bits per heavy atom. The van der Waals surface area contributed by atoms with E-state index in [1.807, 2.05) is 0 Å². The maximum absolute atomic E-state index is 12.3. The lowest BCUT2D eigenvalue weighted by Gasteiger charge is -2.10. The molecule has 1 fully saturated rings. The number of hydrogen-bond donors (Lipinski definition) is 0. The fourth-order valence-corrected chi connectivity index (χ4v) is 1.34. The highest BCUT2D eigenvalue weighted by atomic mass is 79.9. The summed E-state index contributed by atoms with van der Waals surface area (Å²) in [5.41, 5.74) is -0.790. The van der Waals surface area contributed by atoms with Crippen LogP contribution < -0.4 is 4.74 Å². The van der Waals surface area contributed by atoms with E-state index in [-0.39, 0.29) is 11.9 Å². The van der Waals surface area contributed by atoms with Crippen LogP contribution in [-0.2, 0) is 6.18 Å². The van der Waals surface area contributed by atoms with Gasteiger partial charge in [0, 0.05) is 6.20 Å². The first-order chi connectivity index (χ1) is 6.97. The van der Waals surface area contributed by atoms with Gasteiger partial charge in [0.15, 0.2) is 5.75 Å². The second kappa shape index (κ2) is 3.66. The van der Waals surface area contributed by atoms with E-state index in [1.54, 1.807) is 0 Å². The largest absolute Gasteiger partial charge is 0.488 e. The molecule has 0 radical (unpaired) electrons. The van der Waals surface area contributed by atoms with Gasteiger partial charge in [-0.1, -0.05) is 0 Å². The Balaban J connectivity index is 2.27. The number of nitrogens with zero attached hydrogens (tertiary/aromatic N) is 1. The van der Waals surface area contributed by atoms with Crippen LogP contribution in [0.2, 0.25) is 0 Å². The molecule has 1 aromatic rings. The molecule has 0 saturated heterocycles. The number of pyridine rings is 1. The van der Waals surface area contributed by atoms with Crippen LogP contribution in [0.5, 0.6) is 5.75 Å². The zero-order valence-corrected chi connectivity index (χ0v) is 9.10. The van der Waals surface area contributed by atoms with E-state index < -0.39 is 11.7 Å². The van der Waals surface area contributed by atoms with Crippen LogP contribution >= 0.6 is 15.9 Å². The third-order valence-corrected chi connectivity index (χ3v) is 2.55. The molecule has 0 N–H and O–H groups in total. The Hall–Kier alpha value is -0.780. The van der Waals surface area contributed by atoms with Crippen molar-refractivity contribution in [2.24, 2.45) is 0 Å². The molecule has 1 aromatic heterocycles. The van der Waals surface area contributed by atoms with E-state index in [0.29, 0.717) is 4.60 Å². The van der Waals surface area contributed by atoms with Gasteiger partial charge in [-0.3, -0.25) is 0 Å². The van der Waals surface area contributed by atoms with E-state index in [0.717, 1.165) is 25.1 Å². The van der Waals surface area contributed by atoms with Crippen LogP contribution in [0.25, 0.3) is 0 Å². The quantitative estimate of drug-likeness (QED) is 0.775. The first-order valence-electron chi connectivity index (χ1n) is 4.36. The molecule has 0 atom stereocenters. The molecular formula is C9H7BrF3NO. The lowest BCUT2D eigenvalue weighted by molar-refractivity contribution is -0.138. The normalized spacial score (nSPS) is 16.5. The van der Waals surface area contributed by atoms with Crippen molar-refractivity contribution in [3.8, 4) is 5.75 Å². The number of aromatic nitrogens is 1. The number of alkyl halides is 3. The van der Waals surface area contributed by atoms with Crippen LogP contribution in [-0.4, -0.2) is 11.1 Å². The highest BCUT2D eigenvalue weighted by molar-refractivity contribution is 9.10. The molecule has 1 saturated carbocycles. The Labute approximate surface area is 92.6 Å². The summed E-state index contributed by atoms with van der Waals surface area (Å²) in [5.74, 6) is 0.160. The zero-order valence-electron chi connectivity index (χ0n) is 7.51. The van der Waals surface area contributed by atoms with E-state index in [4.69, 9.17) is 4.74 Å². The van der Waals surface area contributed by atoms with Crippen molar-refractivity contribution in [2.75, 3.05) is 0 Å². The van der Waals surface area contributed by atoms with Crippen molar-refractivity contribution >= 4 is 15.9 Å². The summed E-state index contributed by atoms with van der Waals surface area (Å²) >= 11 is 3.05. The zero-order chi connectivity index (χ0) is 11.1. The standard InChI is InChI=1S/C9H7BrF3NO/c10-8-7(15-6-1-2-6)3-5(4-14-8)9(11,12)13/h3-4,6H,1-2H2. The number of halogens is 4. The number of ether oxygens (including phenoxy) is 1. The van der Waals surface area contributed by atoms with Crippen LogP contribution in [0, 0.1) is 0 Å². The van der Waals surface area contributed by atoms with Crippen molar-refractivity contribution in [3.05, 3.63) is 22.4 Å². The van der Waals surface area contributed by atoms with Gasteiger partial charge in [0.25, 0.3) is 0 Å². The third kappa shape index (κ3) is 2.62. The highest BCUT2D eigenvalue weighted by Crippen LogP contribution is 2.36. The van der Waals surface area contributed by atoms with Gasteiger partial charge in [0.05, 0.1) is 11.7 Å². The SMILES string of the molecule is FC(F)(F)c1cnc(Br)c(OC2CC2)c1. The second-order valence-corrected chi connectivity index (χ2v) is 4.08. The maximum atomic E-state index is 12.3. The van der Waals surface area contributed by atoms with Gasteiger partial charge in [0.1, 0.15) is 4.60 Å². The molecule has 15 heavy (non-hydrogen) atoms. The van der Waals surface area contributed by atoms with Gasteiger partial charge in [0.2, 0.25) is 0 Å². The minimum atomic E-state index is -4.38. The molecule has 0 aromatic carbocycles. The lowest BCUT2D eigenvalue weighted by atomic mass is 10.3. The minimum Gasteiger partial charge on any atom is -0.488 e. The topological polar surface area (TPSA) is 22.1 Å². The smallest absolute Gasteiger partial charge is 0.418 e.